The molecule has 140 valence electrons. The molecule has 0 saturated carbocycles. The zero-order valence-electron chi connectivity index (χ0n) is 15.7. The number of aromatic nitrogens is 6. The van der Waals surface area contributed by atoms with E-state index in [9.17, 15) is 4.79 Å². The van der Waals surface area contributed by atoms with Crippen LogP contribution < -0.4 is 5.32 Å². The number of carbonyl (C=O) groups excluding carboxylic acids is 1. The Hall–Kier alpha value is -2.81. The molecule has 0 unspecified atom stereocenters. The first-order chi connectivity index (χ1) is 13.0. The lowest BCUT2D eigenvalue weighted by molar-refractivity contribution is -0.116. The van der Waals surface area contributed by atoms with E-state index < -0.39 is 0 Å². The summed E-state index contributed by atoms with van der Waals surface area (Å²) in [7, 11) is 0. The first-order valence-electron chi connectivity index (χ1n) is 8.50. The minimum absolute atomic E-state index is 0.0558. The van der Waals surface area contributed by atoms with Gasteiger partial charge in [0, 0.05) is 23.5 Å². The Morgan fingerprint density at radius 2 is 1.93 bits per heavy atom. The van der Waals surface area contributed by atoms with E-state index in [-0.39, 0.29) is 5.91 Å². The molecule has 8 nitrogen and oxygen atoms in total. The van der Waals surface area contributed by atoms with Crippen molar-refractivity contribution in [2.24, 2.45) is 0 Å². The van der Waals surface area contributed by atoms with Gasteiger partial charge >= 0.3 is 0 Å². The molecular formula is C18H21N7OS. The van der Waals surface area contributed by atoms with E-state index in [1.807, 2.05) is 45.2 Å². The number of nitrogens with zero attached hydrogens (tertiary/aromatic N) is 6. The molecule has 2 heterocycles. The van der Waals surface area contributed by atoms with Crippen LogP contribution in [0.3, 0.4) is 0 Å². The van der Waals surface area contributed by atoms with E-state index >= 15 is 0 Å². The molecule has 0 saturated heterocycles. The van der Waals surface area contributed by atoms with E-state index in [0.29, 0.717) is 12.8 Å². The smallest absolute Gasteiger partial charge is 0.224 e. The number of rotatable bonds is 6. The van der Waals surface area contributed by atoms with Crippen molar-refractivity contribution in [1.82, 2.24) is 30.2 Å². The van der Waals surface area contributed by atoms with Crippen molar-refractivity contribution in [2.75, 3.05) is 11.6 Å². The zero-order chi connectivity index (χ0) is 19.4. The summed E-state index contributed by atoms with van der Waals surface area (Å²) in [6.07, 6.45) is 4.43. The molecule has 9 heteroatoms. The molecule has 0 aliphatic carbocycles. The average Bonchev–Trinajstić information content (AvgIpc) is 3.17. The standard InChI is InChI=1S/C18H21N7OS/c1-11-5-6-14(25-10-19-23-24-25)9-16(11)22-17(26)8-7-15-12(2)20-18(27-4)21-13(15)3/h5-6,9-10H,7-8H2,1-4H3,(H,22,26). The average molecular weight is 383 g/mol. The van der Waals surface area contributed by atoms with Crippen LogP contribution in [-0.2, 0) is 11.2 Å². The van der Waals surface area contributed by atoms with Gasteiger partial charge < -0.3 is 5.32 Å². The van der Waals surface area contributed by atoms with Gasteiger partial charge in [0.15, 0.2) is 5.16 Å². The van der Waals surface area contributed by atoms with Crippen LogP contribution in [0.4, 0.5) is 5.69 Å². The number of aryl methyl sites for hydroxylation is 3. The van der Waals surface area contributed by atoms with Crippen molar-refractivity contribution in [1.29, 1.82) is 0 Å². The summed E-state index contributed by atoms with van der Waals surface area (Å²) in [5.41, 5.74) is 5.39. The van der Waals surface area contributed by atoms with Crippen LogP contribution in [0.15, 0.2) is 29.7 Å². The molecule has 0 atom stereocenters. The Morgan fingerprint density at radius 3 is 2.56 bits per heavy atom. The Kier molecular flexibility index (Phi) is 5.80. The zero-order valence-corrected chi connectivity index (χ0v) is 16.5. The lowest BCUT2D eigenvalue weighted by atomic mass is 10.1. The monoisotopic (exact) mass is 383 g/mol. The van der Waals surface area contributed by atoms with E-state index in [2.05, 4.69) is 30.8 Å². The largest absolute Gasteiger partial charge is 0.326 e. The third kappa shape index (κ3) is 4.48. The number of benzene rings is 1. The highest BCUT2D eigenvalue weighted by Crippen LogP contribution is 2.20. The highest BCUT2D eigenvalue weighted by molar-refractivity contribution is 7.98. The summed E-state index contributed by atoms with van der Waals surface area (Å²) in [6, 6.07) is 5.69. The molecular weight excluding hydrogens is 362 g/mol. The van der Waals surface area contributed by atoms with E-state index in [4.69, 9.17) is 0 Å². The van der Waals surface area contributed by atoms with Crippen LogP contribution in [-0.4, -0.2) is 42.3 Å². The van der Waals surface area contributed by atoms with Gasteiger partial charge in [0.1, 0.15) is 6.33 Å². The van der Waals surface area contributed by atoms with Gasteiger partial charge in [-0.25, -0.2) is 14.6 Å². The fourth-order valence-corrected chi connectivity index (χ4v) is 3.24. The fourth-order valence-electron chi connectivity index (χ4n) is 2.78. The molecule has 0 aliphatic rings. The third-order valence-corrected chi connectivity index (χ3v) is 4.84. The van der Waals surface area contributed by atoms with Crippen molar-refractivity contribution in [3.8, 4) is 5.69 Å². The molecule has 2 aromatic heterocycles. The number of carbonyl (C=O) groups is 1. The number of thioether (sulfide) groups is 1. The maximum Gasteiger partial charge on any atom is 0.224 e. The van der Waals surface area contributed by atoms with Crippen LogP contribution >= 0.6 is 11.8 Å². The predicted octanol–water partition coefficient (Wildman–Crippen LogP) is 2.67. The Labute approximate surface area is 161 Å². The van der Waals surface area contributed by atoms with E-state index in [1.165, 1.54) is 18.1 Å². The van der Waals surface area contributed by atoms with Crippen molar-refractivity contribution < 1.29 is 4.79 Å². The van der Waals surface area contributed by atoms with Crippen molar-refractivity contribution >= 4 is 23.4 Å². The first-order valence-corrected chi connectivity index (χ1v) is 9.72. The first kappa shape index (κ1) is 19.0. The van der Waals surface area contributed by atoms with Crippen molar-refractivity contribution in [3.05, 3.63) is 47.0 Å². The Morgan fingerprint density at radius 1 is 1.19 bits per heavy atom. The number of hydrogen-bond acceptors (Lipinski definition) is 7. The number of anilines is 1. The normalized spacial score (nSPS) is 10.8. The summed E-state index contributed by atoms with van der Waals surface area (Å²) in [4.78, 5) is 21.4. The summed E-state index contributed by atoms with van der Waals surface area (Å²) < 4.78 is 1.55. The highest BCUT2D eigenvalue weighted by Gasteiger charge is 2.12. The minimum atomic E-state index is -0.0558. The topological polar surface area (TPSA) is 98.5 Å². The predicted molar refractivity (Wildman–Crippen MR) is 104 cm³/mol. The second-order valence-corrected chi connectivity index (χ2v) is 6.93. The van der Waals surface area contributed by atoms with Crippen LogP contribution in [0.1, 0.15) is 28.9 Å². The van der Waals surface area contributed by atoms with Gasteiger partial charge in [0.2, 0.25) is 5.91 Å². The van der Waals surface area contributed by atoms with Gasteiger partial charge in [0.25, 0.3) is 0 Å². The van der Waals surface area contributed by atoms with E-state index in [0.717, 1.165) is 39.0 Å². The van der Waals surface area contributed by atoms with Crippen LogP contribution in [0.5, 0.6) is 0 Å². The molecule has 0 fully saturated rings. The second-order valence-electron chi connectivity index (χ2n) is 6.16. The Bertz CT molecular complexity index is 933. The Balaban J connectivity index is 1.69. The summed E-state index contributed by atoms with van der Waals surface area (Å²) in [5.74, 6) is -0.0558. The molecule has 3 aromatic rings. The molecule has 3 rings (SSSR count). The van der Waals surface area contributed by atoms with Crippen LogP contribution in [0.25, 0.3) is 5.69 Å². The molecule has 1 amide bonds. The van der Waals surface area contributed by atoms with Gasteiger partial charge in [-0.1, -0.05) is 17.8 Å². The van der Waals surface area contributed by atoms with Crippen molar-refractivity contribution in [3.63, 3.8) is 0 Å². The van der Waals surface area contributed by atoms with Crippen LogP contribution in [0, 0.1) is 20.8 Å². The molecule has 0 radical (unpaired) electrons. The SMILES string of the molecule is CSc1nc(C)c(CCC(=O)Nc2cc(-n3cnnn3)ccc2C)c(C)n1. The summed E-state index contributed by atoms with van der Waals surface area (Å²) >= 11 is 1.52. The highest BCUT2D eigenvalue weighted by atomic mass is 32.2. The quantitative estimate of drug-likeness (QED) is 0.516. The molecule has 1 N–H and O–H groups in total. The third-order valence-electron chi connectivity index (χ3n) is 4.29. The van der Waals surface area contributed by atoms with Gasteiger partial charge in [-0.2, -0.15) is 0 Å². The molecule has 0 bridgehead atoms. The lowest BCUT2D eigenvalue weighted by Crippen LogP contribution is -2.15. The lowest BCUT2D eigenvalue weighted by Gasteiger charge is -2.12. The number of nitrogens with one attached hydrogen (secondary N) is 1. The maximum atomic E-state index is 12.5. The molecule has 1 aromatic carbocycles. The number of hydrogen-bond donors (Lipinski definition) is 1. The fraction of sp³-hybridized carbons (Fsp3) is 0.333. The van der Waals surface area contributed by atoms with Crippen LogP contribution in [0.2, 0.25) is 0 Å². The van der Waals surface area contributed by atoms with Crippen molar-refractivity contribution in [2.45, 2.75) is 38.8 Å². The second kappa shape index (κ2) is 8.26. The van der Waals surface area contributed by atoms with Gasteiger partial charge in [0.05, 0.1) is 5.69 Å². The van der Waals surface area contributed by atoms with Gasteiger partial charge in [-0.05, 0) is 67.1 Å². The molecule has 0 spiro atoms. The van der Waals surface area contributed by atoms with E-state index in [1.54, 1.807) is 4.68 Å². The maximum absolute atomic E-state index is 12.5. The summed E-state index contributed by atoms with van der Waals surface area (Å²) in [6.45, 7) is 5.87. The van der Waals surface area contributed by atoms with Gasteiger partial charge in [-0.3, -0.25) is 4.79 Å². The van der Waals surface area contributed by atoms with Gasteiger partial charge in [-0.15, -0.1) is 5.10 Å². The molecule has 0 aliphatic heterocycles. The number of amides is 1. The minimum Gasteiger partial charge on any atom is -0.326 e. The molecule has 27 heavy (non-hydrogen) atoms. The number of tetrazole rings is 1. The summed E-state index contributed by atoms with van der Waals surface area (Å²) in [5, 5.41) is 14.9.